The van der Waals surface area contributed by atoms with Crippen LogP contribution < -0.4 is 15.8 Å². The highest BCUT2D eigenvalue weighted by Crippen LogP contribution is 2.27. The molecule has 1 aromatic rings. The second-order valence-corrected chi connectivity index (χ2v) is 4.96. The molecule has 1 aromatic carbocycles. The third-order valence-electron chi connectivity index (χ3n) is 2.44. The second kappa shape index (κ2) is 6.02. The Morgan fingerprint density at radius 2 is 2.12 bits per heavy atom. The van der Waals surface area contributed by atoms with Crippen LogP contribution in [0.3, 0.4) is 0 Å². The summed E-state index contributed by atoms with van der Waals surface area (Å²) in [5.41, 5.74) is 6.43. The largest absolute Gasteiger partial charge is 0.495 e. The Bertz CT molecular complexity index is 407. The SMILES string of the molecule is COc1cc(NC(=O)[C@H](N)C(C)C)ccc1Br. The van der Waals surface area contributed by atoms with Gasteiger partial charge in [-0.25, -0.2) is 0 Å². The molecule has 94 valence electrons. The van der Waals surface area contributed by atoms with E-state index in [9.17, 15) is 4.79 Å². The highest BCUT2D eigenvalue weighted by Gasteiger charge is 2.17. The Hall–Kier alpha value is -1.07. The predicted octanol–water partition coefficient (Wildman–Crippen LogP) is 2.38. The summed E-state index contributed by atoms with van der Waals surface area (Å²) in [7, 11) is 1.57. The topological polar surface area (TPSA) is 64.3 Å². The number of halogens is 1. The first kappa shape index (κ1) is 14.0. The molecule has 1 atom stereocenters. The van der Waals surface area contributed by atoms with Crippen molar-refractivity contribution in [3.63, 3.8) is 0 Å². The maximum atomic E-state index is 11.7. The first-order valence-electron chi connectivity index (χ1n) is 5.35. The summed E-state index contributed by atoms with van der Waals surface area (Å²) in [5.74, 6) is 0.581. The molecule has 0 heterocycles. The lowest BCUT2D eigenvalue weighted by Gasteiger charge is -2.15. The van der Waals surface area contributed by atoms with Crippen molar-refractivity contribution >= 4 is 27.5 Å². The van der Waals surface area contributed by atoms with Gasteiger partial charge in [-0.2, -0.15) is 0 Å². The summed E-state index contributed by atoms with van der Waals surface area (Å²) in [5, 5.41) is 2.76. The van der Waals surface area contributed by atoms with E-state index < -0.39 is 6.04 Å². The van der Waals surface area contributed by atoms with E-state index in [4.69, 9.17) is 10.5 Å². The molecule has 1 amide bonds. The van der Waals surface area contributed by atoms with E-state index >= 15 is 0 Å². The Balaban J connectivity index is 2.78. The average molecular weight is 301 g/mol. The zero-order valence-corrected chi connectivity index (χ0v) is 11.7. The van der Waals surface area contributed by atoms with Crippen LogP contribution in [0.25, 0.3) is 0 Å². The highest BCUT2D eigenvalue weighted by molar-refractivity contribution is 9.10. The van der Waals surface area contributed by atoms with Crippen LogP contribution in [0.4, 0.5) is 5.69 Å². The van der Waals surface area contributed by atoms with Crippen LogP contribution in [0.2, 0.25) is 0 Å². The van der Waals surface area contributed by atoms with Gasteiger partial charge in [-0.1, -0.05) is 13.8 Å². The number of nitrogens with two attached hydrogens (primary N) is 1. The standard InChI is InChI=1S/C12H17BrN2O2/c1-7(2)11(14)12(16)15-8-4-5-9(13)10(6-8)17-3/h4-7,11H,14H2,1-3H3,(H,15,16)/t11-/m1/s1. The number of carbonyl (C=O) groups excluding carboxylic acids is 1. The van der Waals surface area contributed by atoms with Crippen LogP contribution in [0, 0.1) is 5.92 Å². The number of anilines is 1. The number of benzene rings is 1. The lowest BCUT2D eigenvalue weighted by Crippen LogP contribution is -2.39. The quantitative estimate of drug-likeness (QED) is 0.897. The second-order valence-electron chi connectivity index (χ2n) is 4.11. The smallest absolute Gasteiger partial charge is 0.241 e. The van der Waals surface area contributed by atoms with Gasteiger partial charge in [0, 0.05) is 11.8 Å². The molecular formula is C12H17BrN2O2. The van der Waals surface area contributed by atoms with E-state index in [-0.39, 0.29) is 11.8 Å². The molecule has 0 aliphatic rings. The Labute approximate surface area is 110 Å². The zero-order chi connectivity index (χ0) is 13.0. The predicted molar refractivity (Wildman–Crippen MR) is 72.1 cm³/mol. The maximum absolute atomic E-state index is 11.7. The van der Waals surface area contributed by atoms with Crippen LogP contribution >= 0.6 is 15.9 Å². The molecular weight excluding hydrogens is 284 g/mol. The number of amides is 1. The minimum absolute atomic E-state index is 0.104. The van der Waals surface area contributed by atoms with E-state index in [0.717, 1.165) is 4.47 Å². The van der Waals surface area contributed by atoms with Gasteiger partial charge in [-0.3, -0.25) is 4.79 Å². The van der Waals surface area contributed by atoms with Crippen molar-refractivity contribution in [1.29, 1.82) is 0 Å². The first-order chi connectivity index (χ1) is 7.95. The summed E-state index contributed by atoms with van der Waals surface area (Å²) in [4.78, 5) is 11.7. The molecule has 0 saturated carbocycles. The summed E-state index contributed by atoms with van der Waals surface area (Å²) in [6.07, 6.45) is 0. The van der Waals surface area contributed by atoms with Gasteiger partial charge in [-0.15, -0.1) is 0 Å². The maximum Gasteiger partial charge on any atom is 0.241 e. The van der Waals surface area contributed by atoms with Crippen molar-refractivity contribution in [2.24, 2.45) is 11.7 Å². The lowest BCUT2D eigenvalue weighted by atomic mass is 10.0. The van der Waals surface area contributed by atoms with E-state index in [1.165, 1.54) is 0 Å². The number of rotatable bonds is 4. The molecule has 0 aliphatic heterocycles. The van der Waals surface area contributed by atoms with Crippen LogP contribution in [0.15, 0.2) is 22.7 Å². The third-order valence-corrected chi connectivity index (χ3v) is 3.09. The van der Waals surface area contributed by atoms with Crippen molar-refractivity contribution in [2.45, 2.75) is 19.9 Å². The summed E-state index contributed by atoms with van der Waals surface area (Å²) >= 11 is 3.35. The fourth-order valence-corrected chi connectivity index (χ4v) is 1.67. The third kappa shape index (κ3) is 3.71. The van der Waals surface area contributed by atoms with Crippen LogP contribution in [-0.4, -0.2) is 19.1 Å². The van der Waals surface area contributed by atoms with Gasteiger partial charge in [0.05, 0.1) is 17.6 Å². The van der Waals surface area contributed by atoms with E-state index in [1.54, 1.807) is 19.2 Å². The van der Waals surface area contributed by atoms with Crippen molar-refractivity contribution in [1.82, 2.24) is 0 Å². The van der Waals surface area contributed by atoms with E-state index in [0.29, 0.717) is 11.4 Å². The zero-order valence-electron chi connectivity index (χ0n) is 10.2. The van der Waals surface area contributed by atoms with Gasteiger partial charge in [0.1, 0.15) is 5.75 Å². The Kier molecular flexibility index (Phi) is 4.96. The molecule has 0 fully saturated rings. The summed E-state index contributed by atoms with van der Waals surface area (Å²) in [6, 6.07) is 4.84. The molecule has 3 N–H and O–H groups in total. The van der Waals surface area contributed by atoms with E-state index in [1.807, 2.05) is 19.9 Å². The number of hydrogen-bond acceptors (Lipinski definition) is 3. The first-order valence-corrected chi connectivity index (χ1v) is 6.15. The molecule has 4 nitrogen and oxygen atoms in total. The minimum Gasteiger partial charge on any atom is -0.495 e. The molecule has 0 radical (unpaired) electrons. The fraction of sp³-hybridized carbons (Fsp3) is 0.417. The van der Waals surface area contributed by atoms with Crippen LogP contribution in [-0.2, 0) is 4.79 Å². The Morgan fingerprint density at radius 1 is 1.47 bits per heavy atom. The van der Waals surface area contributed by atoms with Gasteiger partial charge in [-0.05, 0) is 34.0 Å². The normalized spacial score (nSPS) is 12.4. The Morgan fingerprint density at radius 3 is 2.65 bits per heavy atom. The molecule has 17 heavy (non-hydrogen) atoms. The van der Waals surface area contributed by atoms with Crippen LogP contribution in [0.1, 0.15) is 13.8 Å². The van der Waals surface area contributed by atoms with Gasteiger partial charge in [0.15, 0.2) is 0 Å². The van der Waals surface area contributed by atoms with Crippen molar-refractivity contribution < 1.29 is 9.53 Å². The molecule has 0 aliphatic carbocycles. The molecule has 0 aromatic heterocycles. The molecule has 0 spiro atoms. The van der Waals surface area contributed by atoms with Gasteiger partial charge in [0.2, 0.25) is 5.91 Å². The highest BCUT2D eigenvalue weighted by atomic mass is 79.9. The van der Waals surface area contributed by atoms with Crippen molar-refractivity contribution in [2.75, 3.05) is 12.4 Å². The van der Waals surface area contributed by atoms with Gasteiger partial charge in [0.25, 0.3) is 0 Å². The number of nitrogens with one attached hydrogen (secondary N) is 1. The average Bonchev–Trinajstić information content (AvgIpc) is 2.30. The number of carbonyl (C=O) groups is 1. The fourth-order valence-electron chi connectivity index (χ4n) is 1.27. The molecule has 0 bridgehead atoms. The van der Waals surface area contributed by atoms with E-state index in [2.05, 4.69) is 21.2 Å². The summed E-state index contributed by atoms with van der Waals surface area (Å²) < 4.78 is 5.98. The monoisotopic (exact) mass is 300 g/mol. The molecule has 1 rings (SSSR count). The van der Waals surface area contributed by atoms with Crippen molar-refractivity contribution in [3.05, 3.63) is 22.7 Å². The van der Waals surface area contributed by atoms with Gasteiger partial charge < -0.3 is 15.8 Å². The molecule has 0 unspecified atom stereocenters. The number of ether oxygens (including phenoxy) is 1. The molecule has 5 heteroatoms. The lowest BCUT2D eigenvalue weighted by molar-refractivity contribution is -0.118. The van der Waals surface area contributed by atoms with Gasteiger partial charge >= 0.3 is 0 Å². The van der Waals surface area contributed by atoms with Crippen molar-refractivity contribution in [3.8, 4) is 5.75 Å². The number of methoxy groups -OCH3 is 1. The number of hydrogen-bond donors (Lipinski definition) is 2. The van der Waals surface area contributed by atoms with Crippen LogP contribution in [0.5, 0.6) is 5.75 Å². The molecule has 0 saturated heterocycles. The summed E-state index contributed by atoms with van der Waals surface area (Å²) in [6.45, 7) is 3.82. The minimum atomic E-state index is -0.510.